The van der Waals surface area contributed by atoms with E-state index in [9.17, 15) is 14.4 Å². The second-order valence-electron chi connectivity index (χ2n) is 24.9. The van der Waals surface area contributed by atoms with E-state index < -0.39 is 6.10 Å². The first-order valence-electron chi connectivity index (χ1n) is 36.3. The van der Waals surface area contributed by atoms with Crippen molar-refractivity contribution < 1.29 is 28.6 Å². The molecular formula is C74H140O6. The summed E-state index contributed by atoms with van der Waals surface area (Å²) in [7, 11) is 0. The van der Waals surface area contributed by atoms with Gasteiger partial charge in [-0.1, -0.05) is 366 Å². The van der Waals surface area contributed by atoms with Gasteiger partial charge in [0.15, 0.2) is 6.10 Å². The van der Waals surface area contributed by atoms with Crippen LogP contribution in [-0.4, -0.2) is 37.2 Å². The van der Waals surface area contributed by atoms with Crippen molar-refractivity contribution in [2.45, 2.75) is 419 Å². The predicted molar refractivity (Wildman–Crippen MR) is 349 cm³/mol. The minimum atomic E-state index is -0.769. The Kier molecular flexibility index (Phi) is 67.6. The van der Waals surface area contributed by atoms with Gasteiger partial charge in [-0.05, 0) is 51.4 Å². The fourth-order valence-electron chi connectivity index (χ4n) is 11.2. The van der Waals surface area contributed by atoms with Crippen molar-refractivity contribution in [2.75, 3.05) is 13.2 Å². The van der Waals surface area contributed by atoms with Crippen molar-refractivity contribution in [3.63, 3.8) is 0 Å². The zero-order valence-electron chi connectivity index (χ0n) is 54.4. The average molecular weight is 1130 g/mol. The Morgan fingerprint density at radius 3 is 0.688 bits per heavy atom. The lowest BCUT2D eigenvalue weighted by molar-refractivity contribution is -0.167. The highest BCUT2D eigenvalue weighted by Gasteiger charge is 2.19. The average Bonchev–Trinajstić information content (AvgIpc) is 3.46. The van der Waals surface area contributed by atoms with Gasteiger partial charge in [0.1, 0.15) is 13.2 Å². The van der Waals surface area contributed by atoms with Gasteiger partial charge in [-0.2, -0.15) is 0 Å². The van der Waals surface area contributed by atoms with Crippen LogP contribution in [-0.2, 0) is 28.6 Å². The Labute approximate surface area is 500 Å². The van der Waals surface area contributed by atoms with E-state index in [0.29, 0.717) is 19.3 Å². The molecule has 0 saturated heterocycles. The molecule has 1 unspecified atom stereocenters. The van der Waals surface area contributed by atoms with Crippen LogP contribution >= 0.6 is 0 Å². The van der Waals surface area contributed by atoms with Crippen LogP contribution in [0.5, 0.6) is 0 Å². The molecule has 0 aromatic rings. The van der Waals surface area contributed by atoms with Gasteiger partial charge in [0, 0.05) is 19.3 Å². The van der Waals surface area contributed by atoms with Gasteiger partial charge < -0.3 is 14.2 Å². The van der Waals surface area contributed by atoms with Gasteiger partial charge in [0.25, 0.3) is 0 Å². The molecule has 0 aliphatic rings. The van der Waals surface area contributed by atoms with Crippen LogP contribution < -0.4 is 0 Å². The molecule has 80 heavy (non-hydrogen) atoms. The molecule has 0 radical (unpaired) electrons. The third kappa shape index (κ3) is 66.7. The minimum absolute atomic E-state index is 0.0651. The maximum Gasteiger partial charge on any atom is 0.306 e. The Balaban J connectivity index is 4.23. The maximum absolute atomic E-state index is 13.0. The molecule has 0 amide bonds. The number of ether oxygens (including phenoxy) is 3. The van der Waals surface area contributed by atoms with Gasteiger partial charge in [-0.3, -0.25) is 14.4 Å². The van der Waals surface area contributed by atoms with Crippen LogP contribution in [0.15, 0.2) is 24.3 Å². The van der Waals surface area contributed by atoms with Crippen LogP contribution in [0.4, 0.5) is 0 Å². The summed E-state index contributed by atoms with van der Waals surface area (Å²) in [5.74, 6) is -0.832. The van der Waals surface area contributed by atoms with E-state index in [4.69, 9.17) is 14.2 Å². The molecule has 0 rings (SSSR count). The number of hydrogen-bond acceptors (Lipinski definition) is 6. The maximum atomic E-state index is 13.0. The SMILES string of the molecule is CCCCCCC/C=C\C/C=C\CCCCCCCCCCCCCC(=O)OC(COC(=O)CCCCCCCCCCCCCCCC)COC(=O)CCCCCCCCCCCCCCCCCCCCCCCCCCC. The summed E-state index contributed by atoms with van der Waals surface area (Å²) >= 11 is 0. The van der Waals surface area contributed by atoms with Crippen LogP contribution in [0.1, 0.15) is 412 Å². The number of esters is 3. The van der Waals surface area contributed by atoms with Gasteiger partial charge in [-0.25, -0.2) is 0 Å². The lowest BCUT2D eigenvalue weighted by atomic mass is 10.0. The Hall–Kier alpha value is -2.11. The molecule has 6 nitrogen and oxygen atoms in total. The van der Waals surface area contributed by atoms with Crippen LogP contribution in [0.2, 0.25) is 0 Å². The number of rotatable bonds is 68. The molecule has 472 valence electrons. The molecule has 0 bridgehead atoms. The van der Waals surface area contributed by atoms with Crippen molar-refractivity contribution in [3.8, 4) is 0 Å². The van der Waals surface area contributed by atoms with Crippen LogP contribution in [0, 0.1) is 0 Å². The summed E-state index contributed by atoms with van der Waals surface area (Å²) in [6.45, 7) is 6.72. The molecule has 0 fully saturated rings. The number of carbonyl (C=O) groups is 3. The van der Waals surface area contributed by atoms with Crippen LogP contribution in [0.25, 0.3) is 0 Å². The fourth-order valence-corrected chi connectivity index (χ4v) is 11.2. The molecule has 0 aromatic carbocycles. The highest BCUT2D eigenvalue weighted by atomic mass is 16.6. The van der Waals surface area contributed by atoms with E-state index in [1.165, 1.54) is 308 Å². The molecule has 1 atom stereocenters. The molecule has 0 heterocycles. The number of hydrogen-bond donors (Lipinski definition) is 0. The van der Waals surface area contributed by atoms with Crippen LogP contribution in [0.3, 0.4) is 0 Å². The first-order valence-corrected chi connectivity index (χ1v) is 36.3. The first kappa shape index (κ1) is 77.9. The summed E-state index contributed by atoms with van der Waals surface area (Å²) in [4.78, 5) is 38.5. The van der Waals surface area contributed by atoms with Crippen molar-refractivity contribution >= 4 is 17.9 Å². The minimum Gasteiger partial charge on any atom is -0.462 e. The van der Waals surface area contributed by atoms with Crippen molar-refractivity contribution in [2.24, 2.45) is 0 Å². The smallest absolute Gasteiger partial charge is 0.306 e. The third-order valence-corrected chi connectivity index (χ3v) is 16.7. The topological polar surface area (TPSA) is 78.9 Å². The lowest BCUT2D eigenvalue weighted by Gasteiger charge is -2.18. The molecule has 6 heteroatoms. The van der Waals surface area contributed by atoms with Gasteiger partial charge >= 0.3 is 17.9 Å². The molecular weight excluding hydrogens is 985 g/mol. The second-order valence-corrected chi connectivity index (χ2v) is 24.9. The Bertz CT molecular complexity index is 1290. The van der Waals surface area contributed by atoms with E-state index in [0.717, 1.165) is 64.2 Å². The largest absolute Gasteiger partial charge is 0.462 e. The standard InChI is InChI=1S/C74H140O6/c1-4-7-10-13-16-19-22-25-28-30-32-34-36-37-39-40-42-44-46-49-52-55-58-61-64-67-73(76)79-70-71(69-78-72(75)66-63-60-57-54-51-48-27-24-21-18-15-12-9-6-3)80-74(77)68-65-62-59-56-53-50-47-45-43-41-38-35-33-31-29-26-23-20-17-14-11-8-5-2/h23,26,31,33,71H,4-22,24-25,27-30,32,34-70H2,1-3H3/b26-23-,33-31-. The summed E-state index contributed by atoms with van der Waals surface area (Å²) in [5, 5.41) is 0. The second kappa shape index (κ2) is 69.4. The van der Waals surface area contributed by atoms with E-state index in [2.05, 4.69) is 45.1 Å². The quantitative estimate of drug-likeness (QED) is 0.0261. The van der Waals surface area contributed by atoms with Gasteiger partial charge in [0.05, 0.1) is 0 Å². The lowest BCUT2D eigenvalue weighted by Crippen LogP contribution is -2.30. The van der Waals surface area contributed by atoms with E-state index in [1.54, 1.807) is 0 Å². The van der Waals surface area contributed by atoms with E-state index in [1.807, 2.05) is 0 Å². The zero-order chi connectivity index (χ0) is 57.8. The molecule has 0 aliphatic carbocycles. The van der Waals surface area contributed by atoms with Crippen molar-refractivity contribution in [1.29, 1.82) is 0 Å². The van der Waals surface area contributed by atoms with Gasteiger partial charge in [-0.15, -0.1) is 0 Å². The summed E-state index contributed by atoms with van der Waals surface area (Å²) in [6.07, 6.45) is 85.0. The normalized spacial score (nSPS) is 12.1. The molecule has 0 aromatic heterocycles. The first-order chi connectivity index (χ1) is 39.5. The highest BCUT2D eigenvalue weighted by molar-refractivity contribution is 5.71. The van der Waals surface area contributed by atoms with Crippen molar-refractivity contribution in [3.05, 3.63) is 24.3 Å². The summed E-state index contributed by atoms with van der Waals surface area (Å²) in [5.41, 5.74) is 0. The van der Waals surface area contributed by atoms with Gasteiger partial charge in [0.2, 0.25) is 0 Å². The fraction of sp³-hybridized carbons (Fsp3) is 0.905. The van der Waals surface area contributed by atoms with E-state index >= 15 is 0 Å². The van der Waals surface area contributed by atoms with E-state index in [-0.39, 0.29) is 31.1 Å². The summed E-state index contributed by atoms with van der Waals surface area (Å²) < 4.78 is 17.0. The zero-order valence-corrected chi connectivity index (χ0v) is 54.4. The van der Waals surface area contributed by atoms with Crippen molar-refractivity contribution in [1.82, 2.24) is 0 Å². The molecule has 0 saturated carbocycles. The number of carbonyl (C=O) groups excluding carboxylic acids is 3. The molecule has 0 aliphatic heterocycles. The molecule has 0 spiro atoms. The predicted octanol–water partition coefficient (Wildman–Crippen LogP) is 25.0. The molecule has 0 N–H and O–H groups in total. The third-order valence-electron chi connectivity index (χ3n) is 16.7. The summed E-state index contributed by atoms with van der Waals surface area (Å²) in [6, 6.07) is 0. The Morgan fingerprint density at radius 2 is 0.450 bits per heavy atom. The monoisotopic (exact) mass is 1130 g/mol. The number of allylic oxidation sites excluding steroid dienone is 4. The highest BCUT2D eigenvalue weighted by Crippen LogP contribution is 2.19. The number of unbranched alkanes of at least 4 members (excludes halogenated alkanes) is 53. The Morgan fingerprint density at radius 1 is 0.250 bits per heavy atom.